The van der Waals surface area contributed by atoms with E-state index in [0.717, 1.165) is 0 Å². The Labute approximate surface area is 71.2 Å². The maximum absolute atomic E-state index is 10.4. The van der Waals surface area contributed by atoms with Crippen LogP contribution in [0.5, 0.6) is 0 Å². The summed E-state index contributed by atoms with van der Waals surface area (Å²) in [5.41, 5.74) is 0. The van der Waals surface area contributed by atoms with E-state index in [1.54, 1.807) is 0 Å². The summed E-state index contributed by atoms with van der Waals surface area (Å²) in [7, 11) is 0. The first-order chi connectivity index (χ1) is 5.13. The van der Waals surface area contributed by atoms with E-state index in [2.05, 4.69) is 26.0 Å². The van der Waals surface area contributed by atoms with Crippen molar-refractivity contribution < 1.29 is 9.90 Å². The largest absolute Gasteiger partial charge is 0.480 e. The number of carboxylic acid groups (broad SMARTS) is 1. The molecule has 0 spiro atoms. The SMILES string of the molecule is C[C@H](C(=O)O)n1ncnc1Br. The van der Waals surface area contributed by atoms with Crippen molar-refractivity contribution in [2.45, 2.75) is 13.0 Å². The summed E-state index contributed by atoms with van der Waals surface area (Å²) < 4.78 is 1.70. The van der Waals surface area contributed by atoms with Gasteiger partial charge in [-0.1, -0.05) is 0 Å². The van der Waals surface area contributed by atoms with Gasteiger partial charge in [-0.05, 0) is 22.9 Å². The number of rotatable bonds is 2. The Morgan fingerprint density at radius 2 is 2.55 bits per heavy atom. The van der Waals surface area contributed by atoms with Crippen LogP contribution in [0.2, 0.25) is 0 Å². The van der Waals surface area contributed by atoms with Gasteiger partial charge in [-0.2, -0.15) is 5.10 Å². The number of hydrogen-bond donors (Lipinski definition) is 1. The second kappa shape index (κ2) is 3.00. The molecule has 0 radical (unpaired) electrons. The predicted octanol–water partition coefficient (Wildman–Crippen LogP) is 0.686. The third-order valence-corrected chi connectivity index (χ3v) is 1.82. The highest BCUT2D eigenvalue weighted by molar-refractivity contribution is 9.10. The third-order valence-electron chi connectivity index (χ3n) is 1.25. The van der Waals surface area contributed by atoms with Crippen molar-refractivity contribution in [3.8, 4) is 0 Å². The van der Waals surface area contributed by atoms with Crippen LogP contribution in [0.15, 0.2) is 11.1 Å². The van der Waals surface area contributed by atoms with Crippen molar-refractivity contribution >= 4 is 21.9 Å². The molecule has 60 valence electrons. The van der Waals surface area contributed by atoms with E-state index in [-0.39, 0.29) is 0 Å². The molecule has 0 aliphatic rings. The molecule has 0 aliphatic heterocycles. The first kappa shape index (κ1) is 8.19. The van der Waals surface area contributed by atoms with Crippen LogP contribution in [0.3, 0.4) is 0 Å². The zero-order valence-electron chi connectivity index (χ0n) is 5.73. The molecule has 6 heteroatoms. The molecular formula is C5H6BrN3O2. The standard InChI is InChI=1S/C5H6BrN3O2/c1-3(4(10)11)9-5(6)7-2-8-9/h2-3H,1H3,(H,10,11)/t3-/m1/s1. The van der Waals surface area contributed by atoms with Gasteiger partial charge < -0.3 is 5.11 Å². The summed E-state index contributed by atoms with van der Waals surface area (Å²) in [5.74, 6) is -0.934. The summed E-state index contributed by atoms with van der Waals surface area (Å²) in [5, 5.41) is 12.3. The van der Waals surface area contributed by atoms with Crippen LogP contribution >= 0.6 is 15.9 Å². The van der Waals surface area contributed by atoms with Gasteiger partial charge >= 0.3 is 5.97 Å². The number of carbonyl (C=O) groups is 1. The van der Waals surface area contributed by atoms with E-state index >= 15 is 0 Å². The lowest BCUT2D eigenvalue weighted by molar-refractivity contribution is -0.140. The summed E-state index contributed by atoms with van der Waals surface area (Å²) >= 11 is 3.06. The van der Waals surface area contributed by atoms with Gasteiger partial charge in [0.25, 0.3) is 0 Å². The van der Waals surface area contributed by atoms with E-state index < -0.39 is 12.0 Å². The maximum atomic E-state index is 10.4. The molecule has 1 atom stereocenters. The first-order valence-electron chi connectivity index (χ1n) is 2.90. The Morgan fingerprint density at radius 1 is 1.91 bits per heavy atom. The van der Waals surface area contributed by atoms with Gasteiger partial charge in [-0.15, -0.1) is 0 Å². The summed E-state index contributed by atoms with van der Waals surface area (Å²) in [6, 6.07) is -0.688. The smallest absolute Gasteiger partial charge is 0.328 e. The van der Waals surface area contributed by atoms with Gasteiger partial charge in [0.05, 0.1) is 0 Å². The second-order valence-electron chi connectivity index (χ2n) is 1.99. The summed E-state index contributed by atoms with van der Waals surface area (Å²) in [6.45, 7) is 1.53. The normalized spacial score (nSPS) is 12.9. The Kier molecular flexibility index (Phi) is 2.23. The quantitative estimate of drug-likeness (QED) is 0.795. The van der Waals surface area contributed by atoms with E-state index in [4.69, 9.17) is 5.11 Å². The molecule has 5 nitrogen and oxygen atoms in total. The number of halogens is 1. The number of nitrogens with zero attached hydrogens (tertiary/aromatic N) is 3. The molecule has 1 aromatic rings. The fourth-order valence-corrected chi connectivity index (χ4v) is 1.09. The minimum absolute atomic E-state index is 0.424. The van der Waals surface area contributed by atoms with Crippen LogP contribution in [0.1, 0.15) is 13.0 Å². The van der Waals surface area contributed by atoms with Crippen molar-refractivity contribution in [2.75, 3.05) is 0 Å². The van der Waals surface area contributed by atoms with Gasteiger partial charge in [-0.25, -0.2) is 14.5 Å². The van der Waals surface area contributed by atoms with E-state index in [0.29, 0.717) is 4.73 Å². The van der Waals surface area contributed by atoms with E-state index in [1.165, 1.54) is 17.9 Å². The summed E-state index contributed by atoms with van der Waals surface area (Å²) in [4.78, 5) is 14.2. The third kappa shape index (κ3) is 1.56. The molecule has 0 saturated heterocycles. The molecular weight excluding hydrogens is 214 g/mol. The molecule has 0 amide bonds. The molecule has 1 rings (SSSR count). The Balaban J connectivity index is 2.92. The van der Waals surface area contributed by atoms with Crippen molar-refractivity contribution in [1.82, 2.24) is 14.8 Å². The van der Waals surface area contributed by atoms with Gasteiger partial charge in [0.15, 0.2) is 4.73 Å². The predicted molar refractivity (Wildman–Crippen MR) is 40.1 cm³/mol. The molecule has 11 heavy (non-hydrogen) atoms. The lowest BCUT2D eigenvalue weighted by atomic mass is 10.4. The van der Waals surface area contributed by atoms with Crippen molar-refractivity contribution in [1.29, 1.82) is 0 Å². The zero-order chi connectivity index (χ0) is 8.43. The topological polar surface area (TPSA) is 68.0 Å². The fourth-order valence-electron chi connectivity index (χ4n) is 0.600. The van der Waals surface area contributed by atoms with Crippen molar-refractivity contribution in [2.24, 2.45) is 0 Å². The van der Waals surface area contributed by atoms with E-state index in [1.807, 2.05) is 0 Å². The van der Waals surface area contributed by atoms with Crippen LogP contribution in [0, 0.1) is 0 Å². The molecule has 0 aliphatic carbocycles. The van der Waals surface area contributed by atoms with Crippen molar-refractivity contribution in [3.05, 3.63) is 11.1 Å². The van der Waals surface area contributed by atoms with Crippen molar-refractivity contribution in [3.63, 3.8) is 0 Å². The zero-order valence-corrected chi connectivity index (χ0v) is 7.32. The molecule has 0 saturated carbocycles. The Bertz CT molecular complexity index is 272. The Hall–Kier alpha value is -0.910. The summed E-state index contributed by atoms with van der Waals surface area (Å²) in [6.07, 6.45) is 1.30. The van der Waals surface area contributed by atoms with Gasteiger partial charge in [0, 0.05) is 0 Å². The molecule has 1 aromatic heterocycles. The number of aromatic nitrogens is 3. The van der Waals surface area contributed by atoms with Crippen LogP contribution in [0.4, 0.5) is 0 Å². The Morgan fingerprint density at radius 3 is 2.91 bits per heavy atom. The lowest BCUT2D eigenvalue weighted by Crippen LogP contribution is -2.16. The molecule has 0 aromatic carbocycles. The lowest BCUT2D eigenvalue weighted by Gasteiger charge is -2.05. The minimum atomic E-state index is -0.934. The average Bonchev–Trinajstić information content (AvgIpc) is 2.33. The van der Waals surface area contributed by atoms with E-state index in [9.17, 15) is 4.79 Å². The van der Waals surface area contributed by atoms with Gasteiger partial charge in [0.1, 0.15) is 12.4 Å². The average molecular weight is 220 g/mol. The molecule has 0 bridgehead atoms. The monoisotopic (exact) mass is 219 g/mol. The number of carboxylic acids is 1. The van der Waals surface area contributed by atoms with Gasteiger partial charge in [0.2, 0.25) is 0 Å². The highest BCUT2D eigenvalue weighted by Gasteiger charge is 2.16. The maximum Gasteiger partial charge on any atom is 0.328 e. The highest BCUT2D eigenvalue weighted by Crippen LogP contribution is 2.11. The van der Waals surface area contributed by atoms with Crippen LogP contribution in [-0.4, -0.2) is 25.8 Å². The van der Waals surface area contributed by atoms with Crippen LogP contribution in [-0.2, 0) is 4.79 Å². The van der Waals surface area contributed by atoms with Crippen LogP contribution < -0.4 is 0 Å². The fraction of sp³-hybridized carbons (Fsp3) is 0.400. The van der Waals surface area contributed by atoms with Gasteiger partial charge in [-0.3, -0.25) is 0 Å². The molecule has 1 N–H and O–H groups in total. The molecule has 0 unspecified atom stereocenters. The minimum Gasteiger partial charge on any atom is -0.480 e. The second-order valence-corrected chi connectivity index (χ2v) is 2.70. The molecule has 0 fully saturated rings. The number of hydrogen-bond acceptors (Lipinski definition) is 3. The first-order valence-corrected chi connectivity index (χ1v) is 3.70. The number of aliphatic carboxylic acids is 1. The van der Waals surface area contributed by atoms with Crippen LogP contribution in [0.25, 0.3) is 0 Å². The highest BCUT2D eigenvalue weighted by atomic mass is 79.9. The molecule has 1 heterocycles.